The lowest BCUT2D eigenvalue weighted by molar-refractivity contribution is -0.127. The quantitative estimate of drug-likeness (QED) is 0.215. The Labute approximate surface area is 273 Å². The lowest BCUT2D eigenvalue weighted by Gasteiger charge is -2.38. The number of aromatic nitrogens is 3. The standard InChI is InChI=1S/C34H50N6O5Si/c1-33(2,3)45-32(42)39-14-12-34(4,13-15-39)31(41)37-26-10-8-25(9-11-26)28-22-27-29(38-16-18-43-19-17-38)35-23-36-30(27)40(28)24-44-20-21-46(5,6)7/h8-11,22-23H,12-21,24H2,1-7H3,(H,37,41). The van der Waals surface area contributed by atoms with Gasteiger partial charge in [0.15, 0.2) is 0 Å². The second-order valence-electron chi connectivity index (χ2n) is 14.9. The third-order valence-corrected chi connectivity index (χ3v) is 10.4. The Balaban J connectivity index is 1.32. The van der Waals surface area contributed by atoms with E-state index in [1.165, 1.54) is 0 Å². The molecule has 2 saturated heterocycles. The summed E-state index contributed by atoms with van der Waals surface area (Å²) in [6.45, 7) is 19.6. The zero-order chi connectivity index (χ0) is 33.1. The number of nitrogens with zero attached hydrogens (tertiary/aromatic N) is 5. The van der Waals surface area contributed by atoms with Crippen molar-refractivity contribution in [2.75, 3.05) is 56.2 Å². The molecule has 4 heterocycles. The number of rotatable bonds is 9. The van der Waals surface area contributed by atoms with Crippen LogP contribution in [0.25, 0.3) is 22.3 Å². The first kappa shape index (κ1) is 33.9. The summed E-state index contributed by atoms with van der Waals surface area (Å²) in [6.07, 6.45) is 2.45. The van der Waals surface area contributed by atoms with E-state index in [-0.39, 0.29) is 12.0 Å². The van der Waals surface area contributed by atoms with E-state index < -0.39 is 19.1 Å². The van der Waals surface area contributed by atoms with Crippen molar-refractivity contribution in [3.05, 3.63) is 36.7 Å². The Morgan fingerprint density at radius 1 is 1.02 bits per heavy atom. The van der Waals surface area contributed by atoms with Gasteiger partial charge < -0.3 is 33.9 Å². The molecule has 2 fully saturated rings. The first-order chi connectivity index (χ1) is 21.7. The molecule has 2 aliphatic rings. The van der Waals surface area contributed by atoms with Crippen molar-refractivity contribution >= 4 is 42.6 Å². The Kier molecular flexibility index (Phi) is 10.1. The lowest BCUT2D eigenvalue weighted by Crippen LogP contribution is -2.48. The highest BCUT2D eigenvalue weighted by Gasteiger charge is 2.39. The molecule has 2 amide bonds. The Hall–Kier alpha value is -3.48. The molecule has 0 spiro atoms. The summed E-state index contributed by atoms with van der Waals surface area (Å²) in [4.78, 5) is 39.3. The molecule has 0 radical (unpaired) electrons. The Bertz CT molecular complexity index is 1510. The number of morpholine rings is 1. The molecule has 11 nitrogen and oxygen atoms in total. The summed E-state index contributed by atoms with van der Waals surface area (Å²) in [6, 6.07) is 11.2. The number of nitrogens with one attached hydrogen (secondary N) is 1. The summed E-state index contributed by atoms with van der Waals surface area (Å²) in [7, 11) is -1.23. The van der Waals surface area contributed by atoms with E-state index in [0.717, 1.165) is 52.9 Å². The van der Waals surface area contributed by atoms with Crippen molar-refractivity contribution in [1.82, 2.24) is 19.4 Å². The molecule has 2 aromatic heterocycles. The number of anilines is 2. The van der Waals surface area contributed by atoms with E-state index in [1.807, 2.05) is 52.0 Å². The van der Waals surface area contributed by atoms with Crippen molar-refractivity contribution in [1.29, 1.82) is 0 Å². The van der Waals surface area contributed by atoms with Gasteiger partial charge in [-0.25, -0.2) is 14.8 Å². The maximum Gasteiger partial charge on any atom is 0.410 e. The van der Waals surface area contributed by atoms with Gasteiger partial charge in [0, 0.05) is 46.5 Å². The molecule has 46 heavy (non-hydrogen) atoms. The molecule has 2 aliphatic heterocycles. The van der Waals surface area contributed by atoms with Crippen LogP contribution in [0, 0.1) is 5.41 Å². The van der Waals surface area contributed by atoms with E-state index >= 15 is 0 Å². The molecule has 5 rings (SSSR count). The molecule has 0 aliphatic carbocycles. The number of benzene rings is 1. The minimum absolute atomic E-state index is 0.0422. The highest BCUT2D eigenvalue weighted by Crippen LogP contribution is 2.35. The number of piperidine rings is 1. The van der Waals surface area contributed by atoms with E-state index in [0.29, 0.717) is 52.5 Å². The predicted molar refractivity (Wildman–Crippen MR) is 184 cm³/mol. The van der Waals surface area contributed by atoms with Crippen molar-refractivity contribution in [2.24, 2.45) is 5.41 Å². The maximum atomic E-state index is 13.4. The van der Waals surface area contributed by atoms with E-state index in [2.05, 4.69) is 45.5 Å². The van der Waals surface area contributed by atoms with Crippen molar-refractivity contribution < 1.29 is 23.8 Å². The van der Waals surface area contributed by atoms with Gasteiger partial charge in [0.1, 0.15) is 30.1 Å². The highest BCUT2D eigenvalue weighted by atomic mass is 28.3. The zero-order valence-corrected chi connectivity index (χ0v) is 29.5. The van der Waals surface area contributed by atoms with Crippen molar-refractivity contribution in [2.45, 2.75) is 78.6 Å². The monoisotopic (exact) mass is 650 g/mol. The second-order valence-corrected chi connectivity index (χ2v) is 20.5. The van der Waals surface area contributed by atoms with Crippen LogP contribution in [0.4, 0.5) is 16.3 Å². The van der Waals surface area contributed by atoms with Gasteiger partial charge in [-0.15, -0.1) is 0 Å². The summed E-state index contributed by atoms with van der Waals surface area (Å²) in [5, 5.41) is 4.10. The average Bonchev–Trinajstić information content (AvgIpc) is 3.37. The van der Waals surface area contributed by atoms with E-state index in [9.17, 15) is 9.59 Å². The number of carbonyl (C=O) groups excluding carboxylic acids is 2. The Morgan fingerprint density at radius 3 is 2.33 bits per heavy atom. The first-order valence-corrected chi connectivity index (χ1v) is 20.1. The summed E-state index contributed by atoms with van der Waals surface area (Å²) >= 11 is 0. The third-order valence-electron chi connectivity index (χ3n) is 8.70. The van der Waals surface area contributed by atoms with E-state index in [1.54, 1.807) is 11.2 Å². The van der Waals surface area contributed by atoms with Crippen LogP contribution in [-0.4, -0.2) is 91.1 Å². The molecule has 1 aromatic carbocycles. The molecule has 0 unspecified atom stereocenters. The highest BCUT2D eigenvalue weighted by molar-refractivity contribution is 6.76. The summed E-state index contributed by atoms with van der Waals surface area (Å²) < 4.78 is 19.4. The lowest BCUT2D eigenvalue weighted by atomic mass is 9.79. The average molecular weight is 651 g/mol. The maximum absolute atomic E-state index is 13.4. The topological polar surface area (TPSA) is 111 Å². The van der Waals surface area contributed by atoms with Gasteiger partial charge in [0.2, 0.25) is 5.91 Å². The number of amides is 2. The number of ether oxygens (including phenoxy) is 3. The minimum Gasteiger partial charge on any atom is -0.444 e. The molecule has 0 bridgehead atoms. The zero-order valence-electron chi connectivity index (χ0n) is 28.5. The van der Waals surface area contributed by atoms with Gasteiger partial charge >= 0.3 is 6.09 Å². The van der Waals surface area contributed by atoms with Gasteiger partial charge in [-0.2, -0.15) is 0 Å². The van der Waals surface area contributed by atoms with Crippen molar-refractivity contribution in [3.8, 4) is 11.3 Å². The van der Waals surface area contributed by atoms with Crippen LogP contribution in [0.15, 0.2) is 36.7 Å². The van der Waals surface area contributed by atoms with Crippen LogP contribution in [0.5, 0.6) is 0 Å². The fraction of sp³-hybridized carbons (Fsp3) is 0.588. The fourth-order valence-corrected chi connectivity index (χ4v) is 6.48. The Morgan fingerprint density at radius 2 is 1.70 bits per heavy atom. The molecule has 250 valence electrons. The van der Waals surface area contributed by atoms with Gasteiger partial charge in [-0.3, -0.25) is 4.79 Å². The first-order valence-electron chi connectivity index (χ1n) is 16.4. The number of hydrogen-bond acceptors (Lipinski definition) is 8. The van der Waals surface area contributed by atoms with Crippen LogP contribution < -0.4 is 10.2 Å². The van der Waals surface area contributed by atoms with Gasteiger partial charge in [-0.05, 0) is 63.4 Å². The van der Waals surface area contributed by atoms with Gasteiger partial charge in [-0.1, -0.05) is 38.7 Å². The smallest absolute Gasteiger partial charge is 0.410 e. The van der Waals surface area contributed by atoms with Crippen LogP contribution in [-0.2, 0) is 25.7 Å². The molecule has 3 aromatic rings. The van der Waals surface area contributed by atoms with Crippen LogP contribution in [0.1, 0.15) is 40.5 Å². The largest absolute Gasteiger partial charge is 0.444 e. The van der Waals surface area contributed by atoms with Crippen LogP contribution in [0.2, 0.25) is 25.7 Å². The summed E-state index contributed by atoms with van der Waals surface area (Å²) in [5.74, 6) is 0.865. The molecular weight excluding hydrogens is 600 g/mol. The summed E-state index contributed by atoms with van der Waals surface area (Å²) in [5.41, 5.74) is 2.42. The second kappa shape index (κ2) is 13.7. The SMILES string of the molecule is CC(C)(C)OC(=O)N1CCC(C)(C(=O)Nc2ccc(-c3cc4c(N5CCOCC5)ncnc4n3COCC[Si](C)(C)C)cc2)CC1. The van der Waals surface area contributed by atoms with Crippen molar-refractivity contribution in [3.63, 3.8) is 0 Å². The molecule has 0 atom stereocenters. The van der Waals surface area contributed by atoms with Crippen LogP contribution >= 0.6 is 0 Å². The molecule has 0 saturated carbocycles. The normalized spacial score (nSPS) is 17.3. The van der Waals surface area contributed by atoms with Crippen LogP contribution in [0.3, 0.4) is 0 Å². The number of likely N-dealkylation sites (tertiary alicyclic amines) is 1. The minimum atomic E-state index is -1.23. The predicted octanol–water partition coefficient (Wildman–Crippen LogP) is 6.22. The fourth-order valence-electron chi connectivity index (χ4n) is 5.72. The third kappa shape index (κ3) is 8.26. The molecular formula is C34H50N6O5Si. The number of carbonyl (C=O) groups is 2. The van der Waals surface area contributed by atoms with Gasteiger partial charge in [0.25, 0.3) is 0 Å². The number of fused-ring (bicyclic) bond motifs is 1. The number of hydrogen-bond donors (Lipinski definition) is 1. The van der Waals surface area contributed by atoms with Gasteiger partial charge in [0.05, 0.1) is 29.7 Å². The molecule has 12 heteroatoms. The molecule has 1 N–H and O–H groups in total. The van der Waals surface area contributed by atoms with E-state index in [4.69, 9.17) is 19.2 Å².